The zero-order chi connectivity index (χ0) is 39.1. The molecule has 11 aromatic rings. The quantitative estimate of drug-likeness (QED) is 0.158. The van der Waals surface area contributed by atoms with E-state index in [4.69, 9.17) is 39.3 Å². The molecule has 0 saturated heterocycles. The van der Waals surface area contributed by atoms with Crippen LogP contribution in [0.3, 0.4) is 0 Å². The normalized spacial score (nSPS) is 11.4. The Balaban J connectivity index is 1.07. The Kier molecular flexibility index (Phi) is 8.29. The summed E-state index contributed by atoms with van der Waals surface area (Å²) in [5, 5.41) is 2.98. The largest absolute Gasteiger partial charge is 0.456 e. The van der Waals surface area contributed by atoms with Gasteiger partial charge in [-0.25, -0.2) is 34.9 Å². The maximum absolute atomic E-state index is 6.27. The van der Waals surface area contributed by atoms with Gasteiger partial charge in [-0.15, -0.1) is 0 Å². The van der Waals surface area contributed by atoms with Gasteiger partial charge in [-0.1, -0.05) is 164 Å². The summed E-state index contributed by atoms with van der Waals surface area (Å²) in [7, 11) is 0. The fourth-order valence-corrected chi connectivity index (χ4v) is 7.53. The van der Waals surface area contributed by atoms with E-state index in [0.717, 1.165) is 77.6 Å². The summed E-state index contributed by atoms with van der Waals surface area (Å²) in [4.78, 5) is 35.4. The number of benzene rings is 7. The maximum Gasteiger partial charge on any atom is 0.182 e. The lowest BCUT2D eigenvalue weighted by Crippen LogP contribution is -2.03. The van der Waals surface area contributed by atoms with Gasteiger partial charge in [0.2, 0.25) is 0 Å². The summed E-state index contributed by atoms with van der Waals surface area (Å²) in [6.45, 7) is 0. The number of rotatable bonds is 7. The first-order valence-electron chi connectivity index (χ1n) is 19.3. The van der Waals surface area contributed by atoms with Gasteiger partial charge in [-0.3, -0.25) is 0 Å². The average molecular weight is 758 g/mol. The second kappa shape index (κ2) is 14.4. The first-order chi connectivity index (χ1) is 29.2. The molecule has 8 nitrogen and oxygen atoms in total. The number of hydrogen-bond donors (Lipinski definition) is 0. The fourth-order valence-electron chi connectivity index (χ4n) is 7.53. The molecule has 4 aromatic heterocycles. The van der Waals surface area contributed by atoms with E-state index in [1.54, 1.807) is 0 Å². The van der Waals surface area contributed by atoms with E-state index in [9.17, 15) is 0 Å². The molecule has 7 aromatic carbocycles. The fraction of sp³-hybridized carbons (Fsp3) is 0. The Morgan fingerprint density at radius 3 is 1.47 bits per heavy atom. The molecule has 0 fully saturated rings. The van der Waals surface area contributed by atoms with Crippen LogP contribution in [0.4, 0.5) is 0 Å². The molecule has 0 amide bonds. The molecule has 0 aliphatic heterocycles. The average Bonchev–Trinajstić information content (AvgIpc) is 3.71. The van der Waals surface area contributed by atoms with Crippen molar-refractivity contribution in [3.63, 3.8) is 0 Å². The van der Waals surface area contributed by atoms with Gasteiger partial charge in [0.15, 0.2) is 29.1 Å². The van der Waals surface area contributed by atoms with Gasteiger partial charge in [0.1, 0.15) is 16.9 Å². The Morgan fingerprint density at radius 1 is 0.305 bits per heavy atom. The van der Waals surface area contributed by atoms with E-state index < -0.39 is 0 Å². The van der Waals surface area contributed by atoms with Crippen LogP contribution in [0.15, 0.2) is 192 Å². The number of nitrogens with zero attached hydrogens (tertiary/aromatic N) is 7. The Morgan fingerprint density at radius 2 is 0.797 bits per heavy atom. The topological polar surface area (TPSA) is 103 Å². The molecule has 0 aliphatic rings. The SMILES string of the molecule is c1ccc(-c2nc(-c3nc(-c4ccccc4)nc(-c4ccc(-c5nc(-c6ccccc6)nc6ccccc56)cc4)n3)cc(-c3cccc4oc5ccccc5c34)n2)cc1. The van der Waals surface area contributed by atoms with Crippen LogP contribution in [0.1, 0.15) is 0 Å². The highest BCUT2D eigenvalue weighted by Gasteiger charge is 2.20. The van der Waals surface area contributed by atoms with Gasteiger partial charge >= 0.3 is 0 Å². The van der Waals surface area contributed by atoms with Gasteiger partial charge in [0.05, 0.1) is 16.9 Å². The van der Waals surface area contributed by atoms with E-state index in [-0.39, 0.29) is 0 Å². The number of furan rings is 1. The Labute approximate surface area is 338 Å². The molecule has 0 aliphatic carbocycles. The van der Waals surface area contributed by atoms with Gasteiger partial charge in [-0.05, 0) is 24.3 Å². The van der Waals surface area contributed by atoms with Crippen molar-refractivity contribution < 1.29 is 4.42 Å². The maximum atomic E-state index is 6.27. The minimum Gasteiger partial charge on any atom is -0.456 e. The van der Waals surface area contributed by atoms with Crippen LogP contribution in [0.2, 0.25) is 0 Å². The van der Waals surface area contributed by atoms with Crippen molar-refractivity contribution >= 4 is 32.8 Å². The molecule has 0 unspecified atom stereocenters. The van der Waals surface area contributed by atoms with Crippen molar-refractivity contribution in [3.8, 4) is 79.6 Å². The lowest BCUT2D eigenvalue weighted by atomic mass is 10.0. The molecule has 59 heavy (non-hydrogen) atoms. The zero-order valence-corrected chi connectivity index (χ0v) is 31.4. The van der Waals surface area contributed by atoms with E-state index >= 15 is 0 Å². The molecule has 0 bridgehead atoms. The third-order valence-corrected chi connectivity index (χ3v) is 10.4. The van der Waals surface area contributed by atoms with Crippen LogP contribution in [0, 0.1) is 0 Å². The van der Waals surface area contributed by atoms with Gasteiger partial charge in [-0.2, -0.15) is 0 Å². The third kappa shape index (κ3) is 6.35. The highest BCUT2D eigenvalue weighted by atomic mass is 16.3. The lowest BCUT2D eigenvalue weighted by Gasteiger charge is -2.12. The first-order valence-corrected chi connectivity index (χ1v) is 19.3. The van der Waals surface area contributed by atoms with Crippen molar-refractivity contribution in [1.29, 1.82) is 0 Å². The standard InChI is InChI=1S/C51H31N7O/c1-4-15-33(16-5-1)47-53-41(37-23-14-26-44-45(37)39-22-11-13-25-43(39)59-44)31-42(54-47)51-57-49(35-19-8-3-9-20-35)56-50(58-51)36-29-27-32(28-30-36)46-38-21-10-12-24-40(38)52-48(55-46)34-17-6-2-7-18-34/h1-31H. The van der Waals surface area contributed by atoms with Crippen molar-refractivity contribution in [3.05, 3.63) is 188 Å². The molecule has 8 heteroatoms. The van der Waals surface area contributed by atoms with E-state index in [0.29, 0.717) is 34.8 Å². The highest BCUT2D eigenvalue weighted by molar-refractivity contribution is 6.12. The molecule has 0 saturated carbocycles. The number of hydrogen-bond acceptors (Lipinski definition) is 8. The molecule has 0 spiro atoms. The van der Waals surface area contributed by atoms with E-state index in [1.807, 2.05) is 158 Å². The highest BCUT2D eigenvalue weighted by Crippen LogP contribution is 2.38. The molecule has 276 valence electrons. The molecular formula is C51H31N7O. The summed E-state index contributed by atoms with van der Waals surface area (Å²) in [5.74, 6) is 2.71. The predicted molar refractivity (Wildman–Crippen MR) is 234 cm³/mol. The van der Waals surface area contributed by atoms with Gasteiger partial charge in [0, 0.05) is 49.5 Å². The van der Waals surface area contributed by atoms with E-state index in [1.165, 1.54) is 0 Å². The molecule has 4 heterocycles. The number of fused-ring (bicyclic) bond motifs is 4. The van der Waals surface area contributed by atoms with Crippen molar-refractivity contribution in [2.24, 2.45) is 0 Å². The molecule has 0 atom stereocenters. The molecular weight excluding hydrogens is 727 g/mol. The van der Waals surface area contributed by atoms with Crippen molar-refractivity contribution in [2.75, 3.05) is 0 Å². The minimum absolute atomic E-state index is 0.428. The van der Waals surface area contributed by atoms with Crippen LogP contribution in [-0.4, -0.2) is 34.9 Å². The summed E-state index contributed by atoms with van der Waals surface area (Å²) in [6.07, 6.45) is 0. The third-order valence-electron chi connectivity index (χ3n) is 10.4. The van der Waals surface area contributed by atoms with Crippen molar-refractivity contribution in [1.82, 2.24) is 34.9 Å². The predicted octanol–water partition coefficient (Wildman–Crippen LogP) is 12.2. The van der Waals surface area contributed by atoms with Crippen LogP contribution in [-0.2, 0) is 0 Å². The molecule has 11 rings (SSSR count). The zero-order valence-electron chi connectivity index (χ0n) is 31.4. The Hall–Kier alpha value is -8.23. The molecule has 0 N–H and O–H groups in total. The van der Waals surface area contributed by atoms with E-state index in [2.05, 4.69) is 30.3 Å². The first kappa shape index (κ1) is 34.1. The summed E-state index contributed by atoms with van der Waals surface area (Å²) < 4.78 is 6.27. The van der Waals surface area contributed by atoms with Crippen LogP contribution >= 0.6 is 0 Å². The number of para-hydroxylation sites is 2. The second-order valence-electron chi connectivity index (χ2n) is 14.1. The molecule has 0 radical (unpaired) electrons. The lowest BCUT2D eigenvalue weighted by molar-refractivity contribution is 0.669. The van der Waals surface area contributed by atoms with Crippen LogP contribution < -0.4 is 0 Å². The Bertz CT molecular complexity index is 3320. The van der Waals surface area contributed by atoms with Crippen LogP contribution in [0.5, 0.6) is 0 Å². The minimum atomic E-state index is 0.428. The monoisotopic (exact) mass is 757 g/mol. The van der Waals surface area contributed by atoms with Gasteiger partial charge in [0.25, 0.3) is 0 Å². The van der Waals surface area contributed by atoms with Gasteiger partial charge < -0.3 is 4.42 Å². The van der Waals surface area contributed by atoms with Crippen LogP contribution in [0.25, 0.3) is 112 Å². The number of aromatic nitrogens is 7. The second-order valence-corrected chi connectivity index (χ2v) is 14.1. The summed E-state index contributed by atoms with van der Waals surface area (Å²) in [5.41, 5.74) is 10.0. The van der Waals surface area contributed by atoms with Crippen molar-refractivity contribution in [2.45, 2.75) is 0 Å². The summed E-state index contributed by atoms with van der Waals surface area (Å²) >= 11 is 0. The summed E-state index contributed by atoms with van der Waals surface area (Å²) in [6, 6.07) is 62.4. The smallest absolute Gasteiger partial charge is 0.182 e.